The molecule has 0 spiro atoms. The van der Waals surface area contributed by atoms with Crippen molar-refractivity contribution in [2.24, 2.45) is 0 Å². The molecule has 0 saturated carbocycles. The van der Waals surface area contributed by atoms with Crippen LogP contribution in [0.5, 0.6) is 5.75 Å². The zero-order chi connectivity index (χ0) is 20.0. The molecule has 0 heterocycles. The largest absolute Gasteiger partial charge is 0.482 e. The number of carbonyl (C=O) groups excluding carboxylic acids is 2. The minimum atomic E-state index is -0.857. The zero-order valence-electron chi connectivity index (χ0n) is 15.3. The minimum Gasteiger partial charge on any atom is -0.482 e. The Morgan fingerprint density at radius 3 is 2.44 bits per heavy atom. The number of nitrogens with zero attached hydrogens (tertiary/aromatic N) is 1. The standard InChI is InChI=1S/C19H21F2N3O3/c1-12-4-6-16(17(8-12)27-11-19(26)24(2)3)22-10-18(25)23-15-7-5-13(20)9-14(15)21/h4-9,22H,10-11H2,1-3H3,(H,23,25). The quantitative estimate of drug-likeness (QED) is 0.779. The highest BCUT2D eigenvalue weighted by Crippen LogP contribution is 2.25. The highest BCUT2D eigenvalue weighted by Gasteiger charge is 2.11. The molecule has 2 rings (SSSR count). The van der Waals surface area contributed by atoms with Crippen LogP contribution in [0.4, 0.5) is 20.2 Å². The number of hydrogen-bond acceptors (Lipinski definition) is 4. The van der Waals surface area contributed by atoms with E-state index >= 15 is 0 Å². The predicted octanol–water partition coefficient (Wildman–Crippen LogP) is 2.79. The third-order valence-corrected chi connectivity index (χ3v) is 3.63. The molecule has 2 N–H and O–H groups in total. The number of aryl methyl sites for hydroxylation is 1. The van der Waals surface area contributed by atoms with Crippen molar-refractivity contribution in [1.29, 1.82) is 0 Å². The van der Waals surface area contributed by atoms with Crippen LogP contribution in [0.3, 0.4) is 0 Å². The lowest BCUT2D eigenvalue weighted by Crippen LogP contribution is -2.28. The van der Waals surface area contributed by atoms with Crippen LogP contribution in [-0.2, 0) is 9.59 Å². The van der Waals surface area contributed by atoms with Crippen molar-refractivity contribution >= 4 is 23.2 Å². The summed E-state index contributed by atoms with van der Waals surface area (Å²) in [5.74, 6) is -1.88. The highest BCUT2D eigenvalue weighted by molar-refractivity contribution is 5.94. The van der Waals surface area contributed by atoms with Gasteiger partial charge in [-0.25, -0.2) is 8.78 Å². The molecule has 27 heavy (non-hydrogen) atoms. The smallest absolute Gasteiger partial charge is 0.259 e. The molecule has 0 unspecified atom stereocenters. The number of hydrogen-bond donors (Lipinski definition) is 2. The lowest BCUT2D eigenvalue weighted by Gasteiger charge is -2.16. The fourth-order valence-corrected chi connectivity index (χ4v) is 2.12. The van der Waals surface area contributed by atoms with E-state index in [1.54, 1.807) is 26.2 Å². The monoisotopic (exact) mass is 377 g/mol. The third-order valence-electron chi connectivity index (χ3n) is 3.63. The third kappa shape index (κ3) is 5.95. The number of halogens is 2. The fourth-order valence-electron chi connectivity index (χ4n) is 2.12. The van der Waals surface area contributed by atoms with E-state index in [1.807, 2.05) is 13.0 Å². The molecule has 2 aromatic carbocycles. The molecule has 0 bridgehead atoms. The van der Waals surface area contributed by atoms with E-state index in [-0.39, 0.29) is 24.7 Å². The van der Waals surface area contributed by atoms with Gasteiger partial charge in [-0.15, -0.1) is 0 Å². The highest BCUT2D eigenvalue weighted by atomic mass is 19.1. The summed E-state index contributed by atoms with van der Waals surface area (Å²) in [4.78, 5) is 25.1. The molecule has 0 radical (unpaired) electrons. The van der Waals surface area contributed by atoms with E-state index in [2.05, 4.69) is 10.6 Å². The van der Waals surface area contributed by atoms with Crippen LogP contribution >= 0.6 is 0 Å². The van der Waals surface area contributed by atoms with Crippen molar-refractivity contribution < 1.29 is 23.1 Å². The number of benzene rings is 2. The topological polar surface area (TPSA) is 70.7 Å². The SMILES string of the molecule is Cc1ccc(NCC(=O)Nc2ccc(F)cc2F)c(OCC(=O)N(C)C)c1. The number of carbonyl (C=O) groups is 2. The van der Waals surface area contributed by atoms with Crippen LogP contribution in [0, 0.1) is 18.6 Å². The van der Waals surface area contributed by atoms with Gasteiger partial charge in [-0.1, -0.05) is 6.07 Å². The van der Waals surface area contributed by atoms with Crippen LogP contribution in [0.25, 0.3) is 0 Å². The minimum absolute atomic E-state index is 0.111. The average Bonchev–Trinajstić information content (AvgIpc) is 2.61. The van der Waals surface area contributed by atoms with Crippen molar-refractivity contribution in [3.8, 4) is 5.75 Å². The maximum atomic E-state index is 13.6. The predicted molar refractivity (Wildman–Crippen MR) is 98.8 cm³/mol. The first-order valence-corrected chi connectivity index (χ1v) is 8.18. The first-order valence-electron chi connectivity index (χ1n) is 8.18. The summed E-state index contributed by atoms with van der Waals surface area (Å²) in [6.07, 6.45) is 0. The fraction of sp³-hybridized carbons (Fsp3) is 0.263. The molecule has 0 atom stereocenters. The van der Waals surface area contributed by atoms with Crippen LogP contribution in [0.2, 0.25) is 0 Å². The maximum Gasteiger partial charge on any atom is 0.259 e. The Kier molecular flexibility index (Phi) is 6.70. The van der Waals surface area contributed by atoms with Gasteiger partial charge in [0.05, 0.1) is 17.9 Å². The van der Waals surface area contributed by atoms with Gasteiger partial charge in [0.15, 0.2) is 6.61 Å². The van der Waals surface area contributed by atoms with Crippen LogP contribution in [0.15, 0.2) is 36.4 Å². The second-order valence-corrected chi connectivity index (χ2v) is 6.10. The summed E-state index contributed by atoms with van der Waals surface area (Å²) >= 11 is 0. The van der Waals surface area contributed by atoms with Crippen LogP contribution < -0.4 is 15.4 Å². The first-order chi connectivity index (χ1) is 12.8. The normalized spacial score (nSPS) is 10.3. The van der Waals surface area contributed by atoms with E-state index in [9.17, 15) is 18.4 Å². The van der Waals surface area contributed by atoms with Crippen LogP contribution in [-0.4, -0.2) is 44.0 Å². The first kappa shape index (κ1) is 20.2. The maximum absolute atomic E-state index is 13.6. The van der Waals surface area contributed by atoms with Gasteiger partial charge in [-0.05, 0) is 36.8 Å². The van der Waals surface area contributed by atoms with Gasteiger partial charge in [0, 0.05) is 20.2 Å². The molecular weight excluding hydrogens is 356 g/mol. The van der Waals surface area contributed by atoms with Gasteiger partial charge in [0.2, 0.25) is 5.91 Å². The van der Waals surface area contributed by atoms with Crippen molar-refractivity contribution in [3.05, 3.63) is 53.6 Å². The average molecular weight is 377 g/mol. The number of likely N-dealkylation sites (N-methyl/N-ethyl adjacent to an activating group) is 1. The zero-order valence-corrected chi connectivity index (χ0v) is 15.3. The summed E-state index contributed by atoms with van der Waals surface area (Å²) in [7, 11) is 3.25. The molecule has 0 aromatic heterocycles. The van der Waals surface area contributed by atoms with Gasteiger partial charge in [0.25, 0.3) is 5.91 Å². The van der Waals surface area contributed by atoms with E-state index < -0.39 is 17.5 Å². The second kappa shape index (κ2) is 8.98. The molecule has 0 aliphatic heterocycles. The molecule has 0 saturated heterocycles. The van der Waals surface area contributed by atoms with Gasteiger partial charge in [-0.2, -0.15) is 0 Å². The number of anilines is 2. The van der Waals surface area contributed by atoms with Gasteiger partial charge in [0.1, 0.15) is 17.4 Å². The molecule has 2 aromatic rings. The summed E-state index contributed by atoms with van der Waals surface area (Å²) in [6, 6.07) is 8.17. The van der Waals surface area contributed by atoms with Gasteiger partial charge < -0.3 is 20.3 Å². The van der Waals surface area contributed by atoms with Crippen molar-refractivity contribution in [3.63, 3.8) is 0 Å². The molecule has 0 aliphatic carbocycles. The molecule has 144 valence electrons. The molecule has 6 nitrogen and oxygen atoms in total. The number of rotatable bonds is 7. The van der Waals surface area contributed by atoms with Crippen molar-refractivity contribution in [1.82, 2.24) is 4.90 Å². The van der Waals surface area contributed by atoms with Crippen molar-refractivity contribution in [2.45, 2.75) is 6.92 Å². The van der Waals surface area contributed by atoms with Gasteiger partial charge >= 0.3 is 0 Å². The summed E-state index contributed by atoms with van der Waals surface area (Å²) < 4.78 is 32.0. The Morgan fingerprint density at radius 1 is 1.07 bits per heavy atom. The number of nitrogens with one attached hydrogen (secondary N) is 2. The molecule has 2 amide bonds. The molecular formula is C19H21F2N3O3. The van der Waals surface area contributed by atoms with E-state index in [4.69, 9.17) is 4.74 Å². The number of ether oxygens (including phenoxy) is 1. The molecule has 0 fully saturated rings. The summed E-state index contributed by atoms with van der Waals surface area (Å²) in [6.45, 7) is 1.56. The Labute approximate surface area is 156 Å². The summed E-state index contributed by atoms with van der Waals surface area (Å²) in [5, 5.41) is 5.24. The number of amides is 2. The molecule has 8 heteroatoms. The van der Waals surface area contributed by atoms with E-state index in [0.717, 1.165) is 17.7 Å². The Balaban J connectivity index is 2.00. The van der Waals surface area contributed by atoms with Gasteiger partial charge in [-0.3, -0.25) is 9.59 Å². The van der Waals surface area contributed by atoms with Crippen molar-refractivity contribution in [2.75, 3.05) is 37.9 Å². The second-order valence-electron chi connectivity index (χ2n) is 6.10. The molecule has 0 aliphatic rings. The Hall–Kier alpha value is -3.16. The Morgan fingerprint density at radius 2 is 1.78 bits per heavy atom. The van der Waals surface area contributed by atoms with E-state index in [0.29, 0.717) is 17.5 Å². The lowest BCUT2D eigenvalue weighted by atomic mass is 10.2. The summed E-state index contributed by atoms with van der Waals surface area (Å²) in [5.41, 5.74) is 1.33. The Bertz CT molecular complexity index is 841. The van der Waals surface area contributed by atoms with Crippen LogP contribution in [0.1, 0.15) is 5.56 Å². The van der Waals surface area contributed by atoms with E-state index in [1.165, 1.54) is 4.90 Å². The lowest BCUT2D eigenvalue weighted by molar-refractivity contribution is -0.130.